The Morgan fingerprint density at radius 3 is 2.53 bits per heavy atom. The van der Waals surface area contributed by atoms with E-state index in [1.54, 1.807) is 0 Å². The number of methoxy groups -OCH3 is 1. The highest BCUT2D eigenvalue weighted by molar-refractivity contribution is 6.60. The van der Waals surface area contributed by atoms with Crippen molar-refractivity contribution in [1.29, 1.82) is 0 Å². The van der Waals surface area contributed by atoms with Crippen LogP contribution in [-0.2, 0) is 0 Å². The van der Waals surface area contributed by atoms with Gasteiger partial charge in [-0.3, -0.25) is 10.1 Å². The molecule has 0 fully saturated rings. The summed E-state index contributed by atoms with van der Waals surface area (Å²) in [5, 5.41) is 28.1. The van der Waals surface area contributed by atoms with Gasteiger partial charge in [0.2, 0.25) is 0 Å². The van der Waals surface area contributed by atoms with Crippen molar-refractivity contribution < 1.29 is 24.1 Å². The van der Waals surface area contributed by atoms with E-state index in [1.807, 2.05) is 0 Å². The molecule has 80 valence electrons. The van der Waals surface area contributed by atoms with Gasteiger partial charge in [0.05, 0.1) is 23.6 Å². The second-order valence-corrected chi connectivity index (χ2v) is 2.68. The number of ether oxygens (including phenoxy) is 1. The largest absolute Gasteiger partial charge is 0.495 e. The fourth-order valence-corrected chi connectivity index (χ4v) is 1.08. The van der Waals surface area contributed by atoms with E-state index < -0.39 is 29.0 Å². The first kappa shape index (κ1) is 11.4. The van der Waals surface area contributed by atoms with E-state index in [0.717, 1.165) is 13.2 Å². The predicted octanol–water partition coefficient (Wildman–Crippen LogP) is -0.578. The summed E-state index contributed by atoms with van der Waals surface area (Å²) >= 11 is 0. The minimum Gasteiger partial charge on any atom is -0.493 e. The molecule has 0 amide bonds. The van der Waals surface area contributed by atoms with Gasteiger partial charge in [0.1, 0.15) is 0 Å². The maximum absolute atomic E-state index is 13.1. The minimum absolute atomic E-state index is 0.328. The van der Waals surface area contributed by atoms with E-state index in [2.05, 4.69) is 4.74 Å². The molecule has 0 aliphatic rings. The highest BCUT2D eigenvalue weighted by Gasteiger charge is 2.26. The molecule has 0 aromatic heterocycles. The molecule has 0 atom stereocenters. The van der Waals surface area contributed by atoms with Crippen LogP contribution in [0.2, 0.25) is 0 Å². The van der Waals surface area contributed by atoms with Crippen LogP contribution in [0.1, 0.15) is 0 Å². The third-order valence-electron chi connectivity index (χ3n) is 1.78. The number of nitrogens with zero attached hydrogens (tertiary/aromatic N) is 1. The number of hydrogen-bond acceptors (Lipinski definition) is 5. The van der Waals surface area contributed by atoms with Crippen molar-refractivity contribution in [2.45, 2.75) is 0 Å². The molecule has 0 heterocycles. The summed E-state index contributed by atoms with van der Waals surface area (Å²) in [6, 6.07) is 1.45. The lowest BCUT2D eigenvalue weighted by Gasteiger charge is -2.05. The maximum Gasteiger partial charge on any atom is 0.495 e. The number of rotatable bonds is 3. The molecular formula is C7H7BFNO5. The molecule has 8 heteroatoms. The van der Waals surface area contributed by atoms with Crippen LogP contribution in [0.3, 0.4) is 0 Å². The summed E-state index contributed by atoms with van der Waals surface area (Å²) in [5.74, 6) is -1.22. The van der Waals surface area contributed by atoms with Gasteiger partial charge in [0, 0.05) is 0 Å². The lowest BCUT2D eigenvalue weighted by atomic mass is 9.79. The number of nitro groups is 1. The average molecular weight is 215 g/mol. The number of halogens is 1. The zero-order valence-electron chi connectivity index (χ0n) is 7.68. The maximum atomic E-state index is 13.1. The smallest absolute Gasteiger partial charge is 0.493 e. The van der Waals surface area contributed by atoms with Gasteiger partial charge in [-0.25, -0.2) is 4.39 Å². The van der Waals surface area contributed by atoms with Gasteiger partial charge in [-0.05, 0) is 6.07 Å². The monoisotopic (exact) mass is 215 g/mol. The lowest BCUT2D eigenvalue weighted by molar-refractivity contribution is -0.383. The highest BCUT2D eigenvalue weighted by atomic mass is 19.1. The quantitative estimate of drug-likeness (QED) is 0.399. The minimum atomic E-state index is -2.11. The second kappa shape index (κ2) is 4.24. The molecule has 0 unspecified atom stereocenters. The Labute approximate surface area is 84.2 Å². The van der Waals surface area contributed by atoms with E-state index in [4.69, 9.17) is 10.0 Å². The standard InChI is InChI=1S/C7H7BFNO5/c1-15-7-3-6(10(13)14)4(8(11)12)2-5(7)9/h2-3,11-12H,1H3. The van der Waals surface area contributed by atoms with Gasteiger partial charge >= 0.3 is 7.12 Å². The summed E-state index contributed by atoms with van der Waals surface area (Å²) in [7, 11) is -0.956. The molecule has 0 spiro atoms. The highest BCUT2D eigenvalue weighted by Crippen LogP contribution is 2.21. The molecule has 2 N–H and O–H groups in total. The Hall–Kier alpha value is -1.67. The van der Waals surface area contributed by atoms with Crippen molar-refractivity contribution >= 4 is 18.3 Å². The first-order chi connectivity index (χ1) is 6.97. The van der Waals surface area contributed by atoms with Gasteiger partial charge in [0.15, 0.2) is 11.6 Å². The fourth-order valence-electron chi connectivity index (χ4n) is 1.08. The normalized spacial score (nSPS) is 9.87. The Morgan fingerprint density at radius 1 is 1.53 bits per heavy atom. The van der Waals surface area contributed by atoms with Crippen LogP contribution in [0, 0.1) is 15.9 Å². The second-order valence-electron chi connectivity index (χ2n) is 2.68. The van der Waals surface area contributed by atoms with Crippen molar-refractivity contribution in [2.75, 3.05) is 7.11 Å². The lowest BCUT2D eigenvalue weighted by Crippen LogP contribution is -2.32. The summed E-state index contributed by atoms with van der Waals surface area (Å²) in [5.41, 5.74) is -1.12. The number of benzene rings is 1. The molecule has 0 bridgehead atoms. The van der Waals surface area contributed by atoms with Crippen LogP contribution < -0.4 is 10.2 Å². The molecule has 0 saturated heterocycles. The number of nitro benzene ring substituents is 1. The van der Waals surface area contributed by atoms with E-state index >= 15 is 0 Å². The van der Waals surface area contributed by atoms with Crippen LogP contribution in [-0.4, -0.2) is 29.2 Å². The topological polar surface area (TPSA) is 92.8 Å². The third kappa shape index (κ3) is 2.22. The predicted molar refractivity (Wildman–Crippen MR) is 49.4 cm³/mol. The summed E-state index contributed by atoms with van der Waals surface area (Å²) < 4.78 is 17.6. The Kier molecular flexibility index (Phi) is 3.22. The Balaban J connectivity index is 3.39. The van der Waals surface area contributed by atoms with Crippen molar-refractivity contribution in [3.63, 3.8) is 0 Å². The van der Waals surface area contributed by atoms with E-state index in [1.165, 1.54) is 0 Å². The molecule has 0 saturated carbocycles. The summed E-state index contributed by atoms with van der Waals surface area (Å²) in [6.45, 7) is 0. The van der Waals surface area contributed by atoms with Crippen molar-refractivity contribution in [1.82, 2.24) is 0 Å². The third-order valence-corrected chi connectivity index (χ3v) is 1.78. The average Bonchev–Trinajstić information content (AvgIpc) is 2.16. The molecule has 0 radical (unpaired) electrons. The molecule has 1 rings (SSSR count). The van der Waals surface area contributed by atoms with Crippen LogP contribution in [0.25, 0.3) is 0 Å². The van der Waals surface area contributed by atoms with Gasteiger partial charge in [-0.2, -0.15) is 0 Å². The van der Waals surface area contributed by atoms with Crippen molar-refractivity contribution in [2.24, 2.45) is 0 Å². The first-order valence-corrected chi connectivity index (χ1v) is 3.85. The molecule has 15 heavy (non-hydrogen) atoms. The van der Waals surface area contributed by atoms with Crippen molar-refractivity contribution in [3.8, 4) is 5.75 Å². The van der Waals surface area contributed by atoms with Crippen LogP contribution >= 0.6 is 0 Å². The zero-order chi connectivity index (χ0) is 11.6. The summed E-state index contributed by atoms with van der Waals surface area (Å²) in [6.07, 6.45) is 0. The van der Waals surface area contributed by atoms with Crippen LogP contribution in [0.4, 0.5) is 10.1 Å². The molecule has 1 aromatic carbocycles. The molecule has 0 aliphatic carbocycles. The zero-order valence-corrected chi connectivity index (χ0v) is 7.68. The summed E-state index contributed by atoms with van der Waals surface area (Å²) in [4.78, 5) is 9.66. The van der Waals surface area contributed by atoms with E-state index in [9.17, 15) is 14.5 Å². The fraction of sp³-hybridized carbons (Fsp3) is 0.143. The van der Waals surface area contributed by atoms with Gasteiger partial charge in [0.25, 0.3) is 5.69 Å². The van der Waals surface area contributed by atoms with Gasteiger partial charge in [-0.1, -0.05) is 0 Å². The molecule has 1 aromatic rings. The Bertz CT molecular complexity index is 397. The SMILES string of the molecule is COc1cc([N+](=O)[O-])c(B(O)O)cc1F. The first-order valence-electron chi connectivity index (χ1n) is 3.85. The van der Waals surface area contributed by atoms with Gasteiger partial charge in [-0.15, -0.1) is 0 Å². The van der Waals surface area contributed by atoms with Crippen LogP contribution in [0.15, 0.2) is 12.1 Å². The van der Waals surface area contributed by atoms with E-state index in [0.29, 0.717) is 6.07 Å². The Morgan fingerprint density at radius 2 is 2.13 bits per heavy atom. The molecule has 6 nitrogen and oxygen atoms in total. The molecule has 0 aliphatic heterocycles. The van der Waals surface area contributed by atoms with Crippen LogP contribution in [0.5, 0.6) is 5.75 Å². The molecular weight excluding hydrogens is 208 g/mol. The number of hydrogen-bond donors (Lipinski definition) is 2. The van der Waals surface area contributed by atoms with Crippen molar-refractivity contribution in [3.05, 3.63) is 28.1 Å². The van der Waals surface area contributed by atoms with Gasteiger partial charge < -0.3 is 14.8 Å². The van der Waals surface area contributed by atoms with E-state index in [-0.39, 0.29) is 5.75 Å².